The monoisotopic (exact) mass is 347 g/mol. The minimum Gasteiger partial charge on any atom is -0.365 e. The van der Waals surface area contributed by atoms with Crippen molar-refractivity contribution < 1.29 is 4.79 Å². The second kappa shape index (κ2) is 7.36. The van der Waals surface area contributed by atoms with Crippen LogP contribution in [0, 0.1) is 12.3 Å². The summed E-state index contributed by atoms with van der Waals surface area (Å²) in [6.45, 7) is 0.393. The van der Waals surface area contributed by atoms with Gasteiger partial charge in [-0.3, -0.25) is 9.48 Å². The number of nitrogens with zero attached hydrogens (tertiary/aromatic N) is 4. The van der Waals surface area contributed by atoms with Crippen molar-refractivity contribution in [1.29, 1.82) is 0 Å². The highest BCUT2D eigenvalue weighted by atomic mass is 16.1. The van der Waals surface area contributed by atoms with E-state index in [0.717, 1.165) is 16.8 Å². The van der Waals surface area contributed by atoms with Crippen LogP contribution >= 0.6 is 0 Å². The number of aryl methyl sites for hydroxylation is 1. The molecule has 8 nitrogen and oxygen atoms in total. The molecule has 130 valence electrons. The lowest BCUT2D eigenvalue weighted by Gasteiger charge is -2.12. The van der Waals surface area contributed by atoms with Crippen molar-refractivity contribution in [3.8, 4) is 12.3 Å². The maximum atomic E-state index is 11.7. The van der Waals surface area contributed by atoms with Crippen molar-refractivity contribution in [3.63, 3.8) is 0 Å². The van der Waals surface area contributed by atoms with Crippen LogP contribution in [0.2, 0.25) is 0 Å². The summed E-state index contributed by atoms with van der Waals surface area (Å²) in [4.78, 5) is 20.1. The van der Waals surface area contributed by atoms with E-state index in [2.05, 4.69) is 31.6 Å². The van der Waals surface area contributed by atoms with E-state index in [1.807, 2.05) is 24.3 Å². The van der Waals surface area contributed by atoms with E-state index in [9.17, 15) is 4.79 Å². The number of primary amides is 1. The van der Waals surface area contributed by atoms with Crippen LogP contribution in [0.3, 0.4) is 0 Å². The molecule has 2 aromatic heterocycles. The lowest BCUT2D eigenvalue weighted by molar-refractivity contribution is 0.100. The molecule has 0 spiro atoms. The van der Waals surface area contributed by atoms with E-state index in [4.69, 9.17) is 12.2 Å². The van der Waals surface area contributed by atoms with Crippen LogP contribution < -0.4 is 16.4 Å². The largest absolute Gasteiger partial charge is 0.365 e. The van der Waals surface area contributed by atoms with Gasteiger partial charge in [-0.15, -0.1) is 6.42 Å². The molecule has 1 amide bonds. The lowest BCUT2D eigenvalue weighted by Crippen LogP contribution is -2.17. The normalized spacial score (nSPS) is 10.2. The molecule has 0 fully saturated rings. The molecular weight excluding hydrogens is 330 g/mol. The van der Waals surface area contributed by atoms with E-state index in [-0.39, 0.29) is 5.56 Å². The van der Waals surface area contributed by atoms with Crippen LogP contribution in [-0.2, 0) is 13.6 Å². The third kappa shape index (κ3) is 3.79. The molecule has 0 saturated carbocycles. The lowest BCUT2D eigenvalue weighted by atomic mass is 10.1. The molecule has 1 aromatic carbocycles. The van der Waals surface area contributed by atoms with Gasteiger partial charge >= 0.3 is 0 Å². The summed E-state index contributed by atoms with van der Waals surface area (Å²) in [6.07, 6.45) is 10.3. The van der Waals surface area contributed by atoms with E-state index in [1.54, 1.807) is 24.1 Å². The number of anilines is 3. The highest BCUT2D eigenvalue weighted by molar-refractivity contribution is 5.97. The van der Waals surface area contributed by atoms with Gasteiger partial charge in [-0.2, -0.15) is 10.1 Å². The third-order valence-corrected chi connectivity index (χ3v) is 3.63. The number of hydrogen-bond acceptors (Lipinski definition) is 6. The zero-order valence-corrected chi connectivity index (χ0v) is 14.1. The Balaban J connectivity index is 1.85. The van der Waals surface area contributed by atoms with Gasteiger partial charge in [0.15, 0.2) is 0 Å². The molecule has 0 aliphatic carbocycles. The summed E-state index contributed by atoms with van der Waals surface area (Å²) >= 11 is 0. The summed E-state index contributed by atoms with van der Waals surface area (Å²) in [6, 6.07) is 7.51. The SMILES string of the molecule is C#Cc1ccccc1CNc1nc(Nc2cnn(C)c2)ncc1C(N)=O. The number of carbonyl (C=O) groups is 1. The van der Waals surface area contributed by atoms with Crippen molar-refractivity contribution >= 4 is 23.4 Å². The first-order valence-electron chi connectivity index (χ1n) is 7.77. The Morgan fingerprint density at radius 3 is 2.85 bits per heavy atom. The summed E-state index contributed by atoms with van der Waals surface area (Å²) in [5, 5.41) is 10.2. The minimum absolute atomic E-state index is 0.194. The molecule has 0 atom stereocenters. The third-order valence-electron chi connectivity index (χ3n) is 3.63. The number of amides is 1. The molecule has 3 rings (SSSR count). The Morgan fingerprint density at radius 2 is 2.15 bits per heavy atom. The highest BCUT2D eigenvalue weighted by Gasteiger charge is 2.13. The van der Waals surface area contributed by atoms with Gasteiger partial charge in [0.1, 0.15) is 5.82 Å². The molecule has 0 unspecified atom stereocenters. The van der Waals surface area contributed by atoms with E-state index < -0.39 is 5.91 Å². The fraction of sp³-hybridized carbons (Fsp3) is 0.111. The molecule has 0 saturated heterocycles. The second-order valence-corrected chi connectivity index (χ2v) is 5.50. The van der Waals surface area contributed by atoms with Crippen LogP contribution in [0.5, 0.6) is 0 Å². The standard InChI is InChI=1S/C18H17N7O/c1-3-12-6-4-5-7-13(12)8-20-17-15(16(19)26)10-21-18(24-17)23-14-9-22-25(2)11-14/h1,4-7,9-11H,8H2,2H3,(H2,19,26)(H2,20,21,23,24). The Labute approximate surface area is 150 Å². The van der Waals surface area contributed by atoms with Crippen molar-refractivity contribution in [2.75, 3.05) is 10.6 Å². The van der Waals surface area contributed by atoms with Gasteiger partial charge in [0.05, 0.1) is 17.4 Å². The van der Waals surface area contributed by atoms with Crippen molar-refractivity contribution in [2.45, 2.75) is 6.54 Å². The smallest absolute Gasteiger partial charge is 0.254 e. The number of nitrogens with one attached hydrogen (secondary N) is 2. The topological polar surface area (TPSA) is 111 Å². The van der Waals surface area contributed by atoms with Gasteiger partial charge in [0, 0.05) is 31.5 Å². The fourth-order valence-electron chi connectivity index (χ4n) is 2.37. The first-order chi connectivity index (χ1) is 12.6. The van der Waals surface area contributed by atoms with Gasteiger partial charge in [0.25, 0.3) is 5.91 Å². The number of aromatic nitrogens is 4. The summed E-state index contributed by atoms with van der Waals surface area (Å²) in [5.74, 6) is 2.65. The molecule has 3 aromatic rings. The minimum atomic E-state index is -0.620. The first kappa shape index (κ1) is 17.0. The maximum absolute atomic E-state index is 11.7. The number of terminal acetylenes is 1. The maximum Gasteiger partial charge on any atom is 0.254 e. The Hall–Kier alpha value is -3.86. The van der Waals surface area contributed by atoms with Gasteiger partial charge in [-0.1, -0.05) is 24.1 Å². The molecule has 0 radical (unpaired) electrons. The molecule has 4 N–H and O–H groups in total. The Morgan fingerprint density at radius 1 is 1.35 bits per heavy atom. The predicted octanol–water partition coefficient (Wildman–Crippen LogP) is 1.65. The van der Waals surface area contributed by atoms with E-state index in [1.165, 1.54) is 6.20 Å². The molecule has 8 heteroatoms. The van der Waals surface area contributed by atoms with Crippen LogP contribution in [0.15, 0.2) is 42.9 Å². The van der Waals surface area contributed by atoms with Gasteiger partial charge in [-0.05, 0) is 11.6 Å². The Kier molecular flexibility index (Phi) is 4.80. The zero-order valence-electron chi connectivity index (χ0n) is 14.1. The molecular formula is C18H17N7O. The molecule has 0 aliphatic rings. The average Bonchev–Trinajstić information content (AvgIpc) is 3.04. The second-order valence-electron chi connectivity index (χ2n) is 5.50. The number of benzene rings is 1. The van der Waals surface area contributed by atoms with E-state index >= 15 is 0 Å². The average molecular weight is 347 g/mol. The van der Waals surface area contributed by atoms with Crippen molar-refractivity contribution in [3.05, 3.63) is 59.5 Å². The number of rotatable bonds is 6. The highest BCUT2D eigenvalue weighted by Crippen LogP contribution is 2.18. The molecule has 2 heterocycles. The summed E-state index contributed by atoms with van der Waals surface area (Å²) in [5.41, 5.74) is 8.02. The molecule has 26 heavy (non-hydrogen) atoms. The van der Waals surface area contributed by atoms with Crippen molar-refractivity contribution in [2.24, 2.45) is 12.8 Å². The van der Waals surface area contributed by atoms with E-state index in [0.29, 0.717) is 18.3 Å². The zero-order chi connectivity index (χ0) is 18.5. The van der Waals surface area contributed by atoms with Gasteiger partial charge in [0.2, 0.25) is 5.95 Å². The molecule has 0 aliphatic heterocycles. The Bertz CT molecular complexity index is 987. The fourth-order valence-corrected chi connectivity index (χ4v) is 2.37. The number of carbonyl (C=O) groups excluding carboxylic acids is 1. The predicted molar refractivity (Wildman–Crippen MR) is 98.7 cm³/mol. The first-order valence-corrected chi connectivity index (χ1v) is 7.77. The van der Waals surface area contributed by atoms with Crippen LogP contribution in [0.4, 0.5) is 17.5 Å². The van der Waals surface area contributed by atoms with Gasteiger partial charge < -0.3 is 16.4 Å². The number of nitrogens with two attached hydrogens (primary N) is 1. The van der Waals surface area contributed by atoms with Crippen LogP contribution in [0.1, 0.15) is 21.5 Å². The van der Waals surface area contributed by atoms with Crippen molar-refractivity contribution in [1.82, 2.24) is 19.7 Å². The van der Waals surface area contributed by atoms with Gasteiger partial charge in [-0.25, -0.2) is 4.98 Å². The summed E-state index contributed by atoms with van der Waals surface area (Å²) < 4.78 is 1.65. The summed E-state index contributed by atoms with van der Waals surface area (Å²) in [7, 11) is 1.80. The quantitative estimate of drug-likeness (QED) is 0.585. The van der Waals surface area contributed by atoms with Crippen LogP contribution in [0.25, 0.3) is 0 Å². The molecule has 0 bridgehead atoms. The van der Waals surface area contributed by atoms with Crippen LogP contribution in [-0.4, -0.2) is 25.7 Å². The number of hydrogen-bond donors (Lipinski definition) is 3.